The van der Waals surface area contributed by atoms with E-state index in [9.17, 15) is 18.0 Å². The predicted octanol–water partition coefficient (Wildman–Crippen LogP) is 4.69. The Labute approximate surface area is 257 Å². The van der Waals surface area contributed by atoms with Gasteiger partial charge in [0, 0.05) is 43.5 Å². The number of carbonyl (C=O) groups is 2. The van der Waals surface area contributed by atoms with E-state index in [0.717, 1.165) is 20.8 Å². The molecule has 3 N–H and O–H groups in total. The number of nitrogens with zero attached hydrogens (tertiary/aromatic N) is 4. The molecular formula is C31H37N7O5S. The molecule has 5 rings (SSSR count). The fourth-order valence-corrected chi connectivity index (χ4v) is 5.61. The molecular weight excluding hydrogens is 582 g/mol. The largest absolute Gasteiger partial charge is 0.378 e. The van der Waals surface area contributed by atoms with Crippen LogP contribution in [0.15, 0.2) is 72.8 Å². The zero-order valence-corrected chi connectivity index (χ0v) is 26.0. The summed E-state index contributed by atoms with van der Waals surface area (Å²) in [6.45, 7) is 7.46. The molecule has 0 bridgehead atoms. The molecule has 1 aromatic heterocycles. The van der Waals surface area contributed by atoms with Gasteiger partial charge in [0.05, 0.1) is 30.3 Å². The van der Waals surface area contributed by atoms with Gasteiger partial charge in [-0.1, -0.05) is 69.3 Å². The van der Waals surface area contributed by atoms with E-state index in [2.05, 4.69) is 15.4 Å². The number of benzene rings is 3. The lowest BCUT2D eigenvalue weighted by molar-refractivity contribution is 0.0544. The van der Waals surface area contributed by atoms with Crippen LogP contribution in [0, 0.1) is 0 Å². The van der Waals surface area contributed by atoms with Crippen LogP contribution in [-0.4, -0.2) is 72.8 Å². The summed E-state index contributed by atoms with van der Waals surface area (Å²) in [5, 5.41) is 12.6. The third kappa shape index (κ3) is 7.18. The smallest absolute Gasteiger partial charge is 0.332 e. The van der Waals surface area contributed by atoms with Gasteiger partial charge in [-0.2, -0.15) is 17.8 Å². The number of hydrogen-bond donors (Lipinski definition) is 3. The van der Waals surface area contributed by atoms with E-state index in [1.54, 1.807) is 22.9 Å². The second kappa shape index (κ2) is 12.6. The van der Waals surface area contributed by atoms with Gasteiger partial charge in [0.2, 0.25) is 0 Å². The summed E-state index contributed by atoms with van der Waals surface area (Å²) in [5.41, 5.74) is 2.41. The summed E-state index contributed by atoms with van der Waals surface area (Å²) in [6.07, 6.45) is 0. The monoisotopic (exact) mass is 619 g/mol. The number of hydrogen-bond acceptors (Lipinski definition) is 6. The van der Waals surface area contributed by atoms with E-state index in [4.69, 9.17) is 9.84 Å². The first-order valence-electron chi connectivity index (χ1n) is 14.3. The molecule has 232 valence electrons. The molecule has 1 fully saturated rings. The Bertz CT molecular complexity index is 1770. The van der Waals surface area contributed by atoms with Crippen molar-refractivity contribution in [1.82, 2.24) is 23.7 Å². The highest BCUT2D eigenvalue weighted by atomic mass is 32.2. The number of rotatable bonds is 7. The molecule has 0 unspecified atom stereocenters. The fraction of sp³-hybridized carbons (Fsp3) is 0.323. The average Bonchev–Trinajstić information content (AvgIpc) is 3.42. The Morgan fingerprint density at radius 2 is 1.66 bits per heavy atom. The molecule has 3 aromatic carbocycles. The number of carbonyl (C=O) groups excluding carboxylic acids is 2. The van der Waals surface area contributed by atoms with Crippen LogP contribution >= 0.6 is 0 Å². The van der Waals surface area contributed by atoms with E-state index in [-0.39, 0.29) is 12.0 Å². The summed E-state index contributed by atoms with van der Waals surface area (Å²) >= 11 is 0. The van der Waals surface area contributed by atoms with Crippen molar-refractivity contribution in [2.45, 2.75) is 32.7 Å². The maximum absolute atomic E-state index is 13.2. The number of ether oxygens (including phenoxy) is 1. The normalized spacial score (nSPS) is 14.1. The van der Waals surface area contributed by atoms with Gasteiger partial charge >= 0.3 is 22.3 Å². The summed E-state index contributed by atoms with van der Waals surface area (Å²) in [6, 6.07) is 21.4. The van der Waals surface area contributed by atoms with Crippen molar-refractivity contribution in [3.8, 4) is 5.69 Å². The third-order valence-electron chi connectivity index (χ3n) is 7.24. The Kier molecular flexibility index (Phi) is 8.90. The standard InChI is InChI=1S/C31H37N7O5S/c1-31(2,3)27-20-28(33-29(39)32-26-14-8-11-23-10-5-6-13-25(23)26)38(34-27)24-12-7-9-22(19-24)21-36(4)44(41,42)35-30(40)37-15-17-43-18-16-37/h5-14,19-20H,15-18,21H2,1-4H3,(H,35,40)(H2,32,33,39). The van der Waals surface area contributed by atoms with E-state index in [1.807, 2.05) is 75.4 Å². The predicted molar refractivity (Wildman–Crippen MR) is 170 cm³/mol. The van der Waals surface area contributed by atoms with Gasteiger partial charge < -0.3 is 15.0 Å². The van der Waals surface area contributed by atoms with E-state index >= 15 is 0 Å². The van der Waals surface area contributed by atoms with Crippen LogP contribution in [0.1, 0.15) is 32.0 Å². The van der Waals surface area contributed by atoms with Crippen LogP contribution in [0.5, 0.6) is 0 Å². The Hall–Kier alpha value is -4.46. The van der Waals surface area contributed by atoms with Crippen molar-refractivity contribution in [2.75, 3.05) is 44.0 Å². The van der Waals surface area contributed by atoms with Crippen molar-refractivity contribution in [2.24, 2.45) is 0 Å². The molecule has 13 heteroatoms. The molecule has 1 saturated heterocycles. The fourth-order valence-electron chi connectivity index (χ4n) is 4.79. The molecule has 1 aliphatic heterocycles. The minimum Gasteiger partial charge on any atom is -0.378 e. The Balaban J connectivity index is 1.35. The van der Waals surface area contributed by atoms with Crippen molar-refractivity contribution in [3.05, 3.63) is 84.1 Å². The molecule has 0 saturated carbocycles. The minimum absolute atomic E-state index is 0.00269. The molecule has 2 heterocycles. The summed E-state index contributed by atoms with van der Waals surface area (Å²) in [4.78, 5) is 27.1. The van der Waals surface area contributed by atoms with Crippen LogP contribution < -0.4 is 15.4 Å². The molecule has 44 heavy (non-hydrogen) atoms. The van der Waals surface area contributed by atoms with Gasteiger partial charge in [0.15, 0.2) is 0 Å². The van der Waals surface area contributed by atoms with Crippen LogP contribution in [0.3, 0.4) is 0 Å². The molecule has 12 nitrogen and oxygen atoms in total. The molecule has 0 spiro atoms. The van der Waals surface area contributed by atoms with E-state index in [1.165, 1.54) is 11.9 Å². The zero-order valence-electron chi connectivity index (χ0n) is 25.2. The van der Waals surface area contributed by atoms with Gasteiger partial charge in [-0.3, -0.25) is 5.32 Å². The molecule has 4 amide bonds. The number of fused-ring (bicyclic) bond motifs is 1. The first kappa shape index (κ1) is 31.0. The third-order valence-corrected chi connectivity index (χ3v) is 8.62. The van der Waals surface area contributed by atoms with Crippen molar-refractivity contribution in [3.63, 3.8) is 0 Å². The lowest BCUT2D eigenvalue weighted by Crippen LogP contribution is -2.50. The van der Waals surface area contributed by atoms with Crippen molar-refractivity contribution >= 4 is 44.5 Å². The number of aromatic nitrogens is 2. The molecule has 0 radical (unpaired) electrons. The highest BCUT2D eigenvalue weighted by Gasteiger charge is 2.26. The molecule has 4 aromatic rings. The lowest BCUT2D eigenvalue weighted by Gasteiger charge is -2.27. The second-order valence-corrected chi connectivity index (χ2v) is 13.4. The topological polar surface area (TPSA) is 138 Å². The Morgan fingerprint density at radius 1 is 0.955 bits per heavy atom. The zero-order chi connectivity index (χ0) is 31.5. The summed E-state index contributed by atoms with van der Waals surface area (Å²) < 4.78 is 35.9. The van der Waals surface area contributed by atoms with E-state index < -0.39 is 22.3 Å². The number of nitrogens with one attached hydrogen (secondary N) is 3. The number of morpholine rings is 1. The van der Waals surface area contributed by atoms with Crippen LogP contribution in [-0.2, 0) is 26.9 Å². The van der Waals surface area contributed by atoms with Gasteiger partial charge in [0.25, 0.3) is 0 Å². The first-order valence-corrected chi connectivity index (χ1v) is 15.7. The SMILES string of the molecule is CN(Cc1cccc(-n2nc(C(C)(C)C)cc2NC(=O)Nc2cccc3ccccc23)c1)S(=O)(=O)NC(=O)N1CCOCC1. The maximum Gasteiger partial charge on any atom is 0.332 e. The van der Waals surface area contributed by atoms with E-state index in [0.29, 0.717) is 49.1 Å². The second-order valence-electron chi connectivity index (χ2n) is 11.6. The van der Waals surface area contributed by atoms with Crippen LogP contribution in [0.2, 0.25) is 0 Å². The molecule has 0 atom stereocenters. The summed E-state index contributed by atoms with van der Waals surface area (Å²) in [5.74, 6) is 0.448. The highest BCUT2D eigenvalue weighted by molar-refractivity contribution is 7.87. The van der Waals surface area contributed by atoms with Gasteiger partial charge in [-0.25, -0.2) is 19.0 Å². The van der Waals surface area contributed by atoms with Crippen molar-refractivity contribution < 1.29 is 22.7 Å². The quantitative estimate of drug-likeness (QED) is 0.275. The van der Waals surface area contributed by atoms with Crippen LogP contribution in [0.25, 0.3) is 16.5 Å². The first-order chi connectivity index (χ1) is 20.9. The average molecular weight is 620 g/mol. The number of amides is 4. The lowest BCUT2D eigenvalue weighted by atomic mass is 9.92. The van der Waals surface area contributed by atoms with Crippen molar-refractivity contribution in [1.29, 1.82) is 0 Å². The summed E-state index contributed by atoms with van der Waals surface area (Å²) in [7, 11) is -2.71. The van der Waals surface area contributed by atoms with Crippen LogP contribution in [0.4, 0.5) is 21.1 Å². The number of anilines is 2. The highest BCUT2D eigenvalue weighted by Crippen LogP contribution is 2.28. The number of urea groups is 2. The van der Waals surface area contributed by atoms with Gasteiger partial charge in [-0.15, -0.1) is 0 Å². The van der Waals surface area contributed by atoms with Gasteiger partial charge in [-0.05, 0) is 29.1 Å². The maximum atomic E-state index is 13.2. The Morgan fingerprint density at radius 3 is 2.41 bits per heavy atom. The van der Waals surface area contributed by atoms with Gasteiger partial charge in [0.1, 0.15) is 5.82 Å². The molecule has 1 aliphatic rings. The minimum atomic E-state index is -4.11. The molecule has 0 aliphatic carbocycles.